The highest BCUT2D eigenvalue weighted by Crippen LogP contribution is 2.41. The summed E-state index contributed by atoms with van der Waals surface area (Å²) in [5.41, 5.74) is 1.55. The van der Waals surface area contributed by atoms with Gasteiger partial charge in [-0.15, -0.1) is 11.8 Å². The molecule has 8 heteroatoms. The van der Waals surface area contributed by atoms with Gasteiger partial charge in [-0.1, -0.05) is 26.8 Å². The summed E-state index contributed by atoms with van der Waals surface area (Å²) in [5, 5.41) is 11.7. The number of H-pyrrole nitrogens is 1. The number of aromatic nitrogens is 2. The topological polar surface area (TPSA) is 87.7 Å². The van der Waals surface area contributed by atoms with E-state index in [-0.39, 0.29) is 23.0 Å². The summed E-state index contributed by atoms with van der Waals surface area (Å²) in [6.45, 7) is 16.6. The predicted octanol–water partition coefficient (Wildman–Crippen LogP) is 7.16. The Balaban J connectivity index is 1.69. The van der Waals surface area contributed by atoms with Gasteiger partial charge >= 0.3 is 6.09 Å². The number of hydrogen-bond donors (Lipinski definition) is 2. The molecule has 3 aromatic rings. The van der Waals surface area contributed by atoms with Crippen molar-refractivity contribution >= 4 is 28.8 Å². The number of aliphatic hydroxyl groups is 1. The monoisotopic (exact) mass is 567 g/mol. The molecule has 1 aliphatic rings. The molecule has 2 unspecified atom stereocenters. The lowest BCUT2D eigenvalue weighted by Crippen LogP contribution is -2.48. The van der Waals surface area contributed by atoms with Crippen LogP contribution in [0.5, 0.6) is 5.75 Å². The number of ether oxygens (including phenoxy) is 2. The number of likely N-dealkylation sites (tertiary alicyclic amines) is 1. The first kappa shape index (κ1) is 30.3. The highest BCUT2D eigenvalue weighted by molar-refractivity contribution is 8.00. The molecule has 2 aromatic heterocycles. The summed E-state index contributed by atoms with van der Waals surface area (Å²) in [4.78, 5) is 24.2. The molecule has 0 bridgehead atoms. The number of rotatable bonds is 8. The van der Waals surface area contributed by atoms with E-state index in [1.54, 1.807) is 18.0 Å². The first-order valence-corrected chi connectivity index (χ1v) is 15.0. The van der Waals surface area contributed by atoms with E-state index in [0.29, 0.717) is 19.4 Å². The fourth-order valence-electron chi connectivity index (χ4n) is 5.14. The lowest BCUT2D eigenvalue weighted by atomic mass is 10.0. The molecular weight excluding hydrogens is 522 g/mol. The maximum Gasteiger partial charge on any atom is 0.410 e. The highest BCUT2D eigenvalue weighted by atomic mass is 32.2. The zero-order valence-electron chi connectivity index (χ0n) is 25.2. The van der Waals surface area contributed by atoms with E-state index >= 15 is 0 Å². The molecular formula is C32H45N3O4S. The quantitative estimate of drug-likeness (QED) is 0.281. The van der Waals surface area contributed by atoms with Crippen molar-refractivity contribution in [3.8, 4) is 5.75 Å². The standard InChI is InChI=1S/C32H45N3O4S/c1-30(2,3)39-29(36)35-17-11-13-26(35)27(18-21-12-9-10-16-33-21)38-22-14-15-24-23(19-22)28(40-31(4,5)6)25(34-24)20-32(7,8)37/h9-10,12,14-16,19,26-27,34,37H,11,13,17-18,20H2,1-8H3. The van der Waals surface area contributed by atoms with E-state index < -0.39 is 11.2 Å². The second-order valence-corrected chi connectivity index (χ2v) is 15.2. The first-order valence-electron chi connectivity index (χ1n) is 14.2. The second kappa shape index (κ2) is 11.6. The van der Waals surface area contributed by atoms with Crippen LogP contribution < -0.4 is 4.74 Å². The van der Waals surface area contributed by atoms with E-state index in [0.717, 1.165) is 45.8 Å². The number of benzene rings is 1. The summed E-state index contributed by atoms with van der Waals surface area (Å²) in [6.07, 6.45) is 4.02. The lowest BCUT2D eigenvalue weighted by Gasteiger charge is -2.33. The molecule has 0 aliphatic carbocycles. The van der Waals surface area contributed by atoms with Crippen LogP contribution in [-0.4, -0.2) is 60.7 Å². The Labute approximate surface area is 243 Å². The molecule has 0 spiro atoms. The Morgan fingerprint density at radius 1 is 1.15 bits per heavy atom. The Morgan fingerprint density at radius 2 is 1.90 bits per heavy atom. The molecule has 1 amide bonds. The Kier molecular flexibility index (Phi) is 8.81. The van der Waals surface area contributed by atoms with Gasteiger partial charge in [0.2, 0.25) is 0 Å². The third-order valence-electron chi connectivity index (χ3n) is 6.59. The second-order valence-electron chi connectivity index (χ2n) is 13.4. The van der Waals surface area contributed by atoms with E-state index in [1.165, 1.54) is 0 Å². The van der Waals surface area contributed by atoms with Gasteiger partial charge in [0.25, 0.3) is 0 Å². The smallest absolute Gasteiger partial charge is 0.410 e. The molecule has 1 aromatic carbocycles. The molecule has 1 aliphatic heterocycles. The van der Waals surface area contributed by atoms with Gasteiger partial charge in [0, 0.05) is 57.5 Å². The van der Waals surface area contributed by atoms with E-state index in [1.807, 2.05) is 69.9 Å². The van der Waals surface area contributed by atoms with Crippen molar-refractivity contribution in [1.82, 2.24) is 14.9 Å². The van der Waals surface area contributed by atoms with Gasteiger partial charge in [0.1, 0.15) is 17.5 Å². The Hall–Kier alpha value is -2.71. The zero-order valence-corrected chi connectivity index (χ0v) is 26.0. The minimum Gasteiger partial charge on any atom is -0.488 e. The number of pyridine rings is 1. The Bertz CT molecular complexity index is 1300. The molecule has 2 atom stereocenters. The van der Waals surface area contributed by atoms with Crippen molar-refractivity contribution in [2.24, 2.45) is 0 Å². The molecule has 4 rings (SSSR count). The number of fused-ring (bicyclic) bond motifs is 1. The van der Waals surface area contributed by atoms with Crippen LogP contribution in [-0.2, 0) is 17.6 Å². The summed E-state index contributed by atoms with van der Waals surface area (Å²) in [5.74, 6) is 0.744. The number of carbonyl (C=O) groups excluding carboxylic acids is 1. The number of nitrogens with zero attached hydrogens (tertiary/aromatic N) is 2. The maximum absolute atomic E-state index is 13.2. The Morgan fingerprint density at radius 3 is 2.52 bits per heavy atom. The average molecular weight is 568 g/mol. The van der Waals surface area contributed by atoms with Gasteiger partial charge in [-0.3, -0.25) is 4.98 Å². The molecule has 7 nitrogen and oxygen atoms in total. The fraction of sp³-hybridized carbons (Fsp3) is 0.562. The number of thioether (sulfide) groups is 1. The largest absolute Gasteiger partial charge is 0.488 e. The minimum absolute atomic E-state index is 0.0143. The summed E-state index contributed by atoms with van der Waals surface area (Å²) >= 11 is 1.79. The predicted molar refractivity (Wildman–Crippen MR) is 162 cm³/mol. The number of aromatic amines is 1. The van der Waals surface area contributed by atoms with Crippen molar-refractivity contribution < 1.29 is 19.4 Å². The van der Waals surface area contributed by atoms with Gasteiger partial charge in [0.05, 0.1) is 11.6 Å². The van der Waals surface area contributed by atoms with Crippen molar-refractivity contribution in [2.45, 2.75) is 114 Å². The molecule has 218 valence electrons. The number of carbonyl (C=O) groups is 1. The number of hydrogen-bond acceptors (Lipinski definition) is 6. The summed E-state index contributed by atoms with van der Waals surface area (Å²) in [6, 6.07) is 11.9. The fourth-order valence-corrected chi connectivity index (χ4v) is 6.28. The van der Waals surface area contributed by atoms with Crippen molar-refractivity contribution in [3.63, 3.8) is 0 Å². The van der Waals surface area contributed by atoms with Crippen LogP contribution in [0.4, 0.5) is 4.79 Å². The first-order chi connectivity index (χ1) is 18.6. The van der Waals surface area contributed by atoms with E-state index in [9.17, 15) is 9.90 Å². The van der Waals surface area contributed by atoms with Crippen LogP contribution in [0.2, 0.25) is 0 Å². The van der Waals surface area contributed by atoms with Crippen LogP contribution in [0, 0.1) is 0 Å². The van der Waals surface area contributed by atoms with Crippen LogP contribution in [0.15, 0.2) is 47.5 Å². The van der Waals surface area contributed by atoms with Gasteiger partial charge in [0.15, 0.2) is 0 Å². The molecule has 40 heavy (non-hydrogen) atoms. The molecule has 0 radical (unpaired) electrons. The zero-order chi connectivity index (χ0) is 29.3. The molecule has 1 fully saturated rings. The molecule has 1 saturated heterocycles. The van der Waals surface area contributed by atoms with Crippen LogP contribution in [0.1, 0.15) is 79.6 Å². The van der Waals surface area contributed by atoms with Crippen LogP contribution in [0.3, 0.4) is 0 Å². The van der Waals surface area contributed by atoms with Crippen LogP contribution >= 0.6 is 11.8 Å². The van der Waals surface area contributed by atoms with Gasteiger partial charge in [-0.05, 0) is 77.8 Å². The average Bonchev–Trinajstić information content (AvgIpc) is 3.42. The number of amides is 1. The van der Waals surface area contributed by atoms with Gasteiger partial charge < -0.3 is 24.5 Å². The number of nitrogens with one attached hydrogen (secondary N) is 1. The molecule has 2 N–H and O–H groups in total. The van der Waals surface area contributed by atoms with Crippen molar-refractivity contribution in [3.05, 3.63) is 54.0 Å². The lowest BCUT2D eigenvalue weighted by molar-refractivity contribution is 0.00905. The molecule has 3 heterocycles. The van der Waals surface area contributed by atoms with E-state index in [2.05, 4.69) is 36.8 Å². The minimum atomic E-state index is -0.839. The van der Waals surface area contributed by atoms with Crippen molar-refractivity contribution in [1.29, 1.82) is 0 Å². The van der Waals surface area contributed by atoms with Gasteiger partial charge in [-0.25, -0.2) is 4.79 Å². The van der Waals surface area contributed by atoms with Gasteiger partial charge in [-0.2, -0.15) is 0 Å². The van der Waals surface area contributed by atoms with Crippen molar-refractivity contribution in [2.75, 3.05) is 6.54 Å². The summed E-state index contributed by atoms with van der Waals surface area (Å²) in [7, 11) is 0. The maximum atomic E-state index is 13.2. The van der Waals surface area contributed by atoms with E-state index in [4.69, 9.17) is 9.47 Å². The third kappa shape index (κ3) is 8.16. The third-order valence-corrected chi connectivity index (χ3v) is 7.88. The summed E-state index contributed by atoms with van der Waals surface area (Å²) < 4.78 is 12.5. The normalized spacial score (nSPS) is 17.3. The van der Waals surface area contributed by atoms with Crippen LogP contribution in [0.25, 0.3) is 10.9 Å². The SMILES string of the molecule is CC(C)(O)Cc1[nH]c2ccc(OC(Cc3ccccn3)C3CCCN3C(=O)OC(C)(C)C)cc2c1SC(C)(C)C. The molecule has 0 saturated carbocycles. The highest BCUT2D eigenvalue weighted by Gasteiger charge is 2.38.